The first kappa shape index (κ1) is 16.6. The van der Waals surface area contributed by atoms with Gasteiger partial charge in [-0.25, -0.2) is 0 Å². The summed E-state index contributed by atoms with van der Waals surface area (Å²) < 4.78 is 38.6. The van der Waals surface area contributed by atoms with Gasteiger partial charge in [-0.1, -0.05) is 0 Å². The maximum Gasteiger partial charge on any atom is 0.417 e. The normalized spacial score (nSPS) is 19.7. The molecule has 3 rings (SSSR count). The first-order valence-electron chi connectivity index (χ1n) is 8.06. The summed E-state index contributed by atoms with van der Waals surface area (Å²) in [7, 11) is 0. The Kier molecular flexibility index (Phi) is 4.39. The lowest BCUT2D eigenvalue weighted by Gasteiger charge is -2.38. The van der Waals surface area contributed by atoms with Gasteiger partial charge in [0.25, 0.3) is 0 Å². The van der Waals surface area contributed by atoms with Crippen LogP contribution < -0.4 is 4.90 Å². The van der Waals surface area contributed by atoms with E-state index in [1.165, 1.54) is 12.1 Å². The Morgan fingerprint density at radius 1 is 1.17 bits per heavy atom. The molecule has 0 atom stereocenters. The predicted molar refractivity (Wildman–Crippen MR) is 82.3 cm³/mol. The van der Waals surface area contributed by atoms with Gasteiger partial charge < -0.3 is 9.80 Å². The maximum absolute atomic E-state index is 12.9. The van der Waals surface area contributed by atoms with Crippen LogP contribution in [0, 0.1) is 11.3 Å². The fourth-order valence-corrected chi connectivity index (χ4v) is 3.56. The molecule has 0 radical (unpaired) electrons. The van der Waals surface area contributed by atoms with Crippen LogP contribution in [0.5, 0.6) is 0 Å². The zero-order valence-corrected chi connectivity index (χ0v) is 13.1. The third-order valence-corrected chi connectivity index (χ3v) is 4.81. The third kappa shape index (κ3) is 3.18. The summed E-state index contributed by atoms with van der Waals surface area (Å²) in [5, 5.41) is 9.01. The molecule has 2 saturated heterocycles. The van der Waals surface area contributed by atoms with Crippen molar-refractivity contribution in [2.24, 2.45) is 0 Å². The number of carbonyl (C=O) groups is 1. The molecule has 24 heavy (non-hydrogen) atoms. The lowest BCUT2D eigenvalue weighted by molar-refractivity contribution is -0.137. The highest BCUT2D eigenvalue weighted by Crippen LogP contribution is 2.34. The summed E-state index contributed by atoms with van der Waals surface area (Å²) in [4.78, 5) is 15.7. The molecule has 0 unspecified atom stereocenters. The number of rotatable bonds is 2. The highest BCUT2D eigenvalue weighted by molar-refractivity contribution is 5.78. The van der Waals surface area contributed by atoms with Crippen molar-refractivity contribution >= 4 is 11.6 Å². The van der Waals surface area contributed by atoms with Crippen LogP contribution in [0.25, 0.3) is 0 Å². The predicted octanol–water partition coefficient (Wildman–Crippen LogP) is 3.17. The molecule has 1 aromatic carbocycles. The average Bonchev–Trinajstić information content (AvgIpc) is 2.99. The van der Waals surface area contributed by atoms with E-state index < -0.39 is 11.7 Å². The first-order valence-corrected chi connectivity index (χ1v) is 8.06. The van der Waals surface area contributed by atoms with E-state index in [4.69, 9.17) is 5.26 Å². The van der Waals surface area contributed by atoms with E-state index in [0.29, 0.717) is 25.2 Å². The van der Waals surface area contributed by atoms with Gasteiger partial charge in [-0.3, -0.25) is 4.79 Å². The highest BCUT2D eigenvalue weighted by atomic mass is 19.4. The number of benzene rings is 1. The minimum Gasteiger partial charge on any atom is -0.371 e. The third-order valence-electron chi connectivity index (χ3n) is 4.81. The monoisotopic (exact) mass is 337 g/mol. The van der Waals surface area contributed by atoms with Crippen molar-refractivity contribution in [1.82, 2.24) is 4.90 Å². The van der Waals surface area contributed by atoms with E-state index in [-0.39, 0.29) is 17.5 Å². The Labute approximate surface area is 138 Å². The van der Waals surface area contributed by atoms with Crippen molar-refractivity contribution in [1.29, 1.82) is 5.26 Å². The number of amides is 1. The molecule has 1 aromatic rings. The molecule has 128 valence electrons. The van der Waals surface area contributed by atoms with Crippen LogP contribution in [0.2, 0.25) is 0 Å². The van der Waals surface area contributed by atoms with Crippen LogP contribution in [0.4, 0.5) is 18.9 Å². The first-order chi connectivity index (χ1) is 11.4. The summed E-state index contributed by atoms with van der Waals surface area (Å²) in [5.74, 6) is 0.203. The Balaban J connectivity index is 1.70. The standard InChI is InChI=1S/C17H18F3N3O/c18-17(19,20)15-4-3-14(10-12(15)11-21)22-8-5-13(6-9-22)23-7-1-2-16(23)24/h3-4,10,13H,1-2,5-9H2. The van der Waals surface area contributed by atoms with Gasteiger partial charge in [0.15, 0.2) is 0 Å². The second-order valence-corrected chi connectivity index (χ2v) is 6.25. The van der Waals surface area contributed by atoms with Crippen molar-refractivity contribution in [3.05, 3.63) is 29.3 Å². The van der Waals surface area contributed by atoms with E-state index in [1.54, 1.807) is 6.07 Å². The fourth-order valence-electron chi connectivity index (χ4n) is 3.56. The summed E-state index contributed by atoms with van der Waals surface area (Å²) in [5.41, 5.74) is -0.617. The summed E-state index contributed by atoms with van der Waals surface area (Å²) in [6.45, 7) is 2.15. The molecule has 4 nitrogen and oxygen atoms in total. The zero-order chi connectivity index (χ0) is 17.3. The number of piperidine rings is 1. The number of nitrogens with zero attached hydrogens (tertiary/aromatic N) is 3. The topological polar surface area (TPSA) is 47.3 Å². The summed E-state index contributed by atoms with van der Waals surface area (Å²) in [6.07, 6.45) is -1.40. The second-order valence-electron chi connectivity index (χ2n) is 6.25. The van der Waals surface area contributed by atoms with Gasteiger partial charge in [0, 0.05) is 37.8 Å². The number of hydrogen-bond acceptors (Lipinski definition) is 3. The molecule has 2 heterocycles. The van der Waals surface area contributed by atoms with Crippen LogP contribution in [0.1, 0.15) is 36.8 Å². The summed E-state index contributed by atoms with van der Waals surface area (Å²) in [6, 6.07) is 5.57. The second kappa shape index (κ2) is 6.34. The maximum atomic E-state index is 12.9. The molecule has 2 aliphatic rings. The molecule has 0 bridgehead atoms. The van der Waals surface area contributed by atoms with E-state index in [1.807, 2.05) is 9.80 Å². The van der Waals surface area contributed by atoms with Crippen molar-refractivity contribution in [2.75, 3.05) is 24.5 Å². The van der Waals surface area contributed by atoms with Crippen LogP contribution in [0.3, 0.4) is 0 Å². The highest BCUT2D eigenvalue weighted by Gasteiger charge is 2.34. The zero-order valence-electron chi connectivity index (χ0n) is 13.1. The Morgan fingerprint density at radius 3 is 2.42 bits per heavy atom. The van der Waals surface area contributed by atoms with Crippen LogP contribution in [-0.4, -0.2) is 36.5 Å². The number of alkyl halides is 3. The molecular weight excluding hydrogens is 319 g/mol. The summed E-state index contributed by atoms with van der Waals surface area (Å²) >= 11 is 0. The molecule has 0 saturated carbocycles. The van der Waals surface area contributed by atoms with E-state index in [0.717, 1.165) is 31.9 Å². The van der Waals surface area contributed by atoms with Crippen LogP contribution >= 0.6 is 0 Å². The molecule has 1 amide bonds. The quantitative estimate of drug-likeness (QED) is 0.833. The lowest BCUT2D eigenvalue weighted by atomic mass is 10.0. The van der Waals surface area contributed by atoms with Gasteiger partial charge in [-0.2, -0.15) is 18.4 Å². The van der Waals surface area contributed by atoms with Crippen molar-refractivity contribution in [2.45, 2.75) is 37.9 Å². The van der Waals surface area contributed by atoms with Gasteiger partial charge in [0.2, 0.25) is 5.91 Å². The smallest absolute Gasteiger partial charge is 0.371 e. The molecular formula is C17H18F3N3O. The van der Waals surface area contributed by atoms with E-state index in [2.05, 4.69) is 0 Å². The van der Waals surface area contributed by atoms with Gasteiger partial charge in [-0.05, 0) is 37.5 Å². The molecule has 2 fully saturated rings. The average molecular weight is 337 g/mol. The van der Waals surface area contributed by atoms with E-state index in [9.17, 15) is 18.0 Å². The van der Waals surface area contributed by atoms with Crippen molar-refractivity contribution in [3.63, 3.8) is 0 Å². The van der Waals surface area contributed by atoms with Crippen LogP contribution in [0.15, 0.2) is 18.2 Å². The Bertz CT molecular complexity index is 673. The Hall–Kier alpha value is -2.23. The molecule has 2 aliphatic heterocycles. The van der Waals surface area contributed by atoms with Gasteiger partial charge in [0.05, 0.1) is 17.2 Å². The van der Waals surface area contributed by atoms with Gasteiger partial charge >= 0.3 is 6.18 Å². The van der Waals surface area contributed by atoms with Crippen molar-refractivity contribution in [3.8, 4) is 6.07 Å². The molecule has 0 spiro atoms. The number of halogens is 3. The number of likely N-dealkylation sites (tertiary alicyclic amines) is 1. The SMILES string of the molecule is N#Cc1cc(N2CCC(N3CCCC3=O)CC2)ccc1C(F)(F)F. The number of hydrogen-bond donors (Lipinski definition) is 0. The van der Waals surface area contributed by atoms with Gasteiger partial charge in [0.1, 0.15) is 0 Å². The Morgan fingerprint density at radius 2 is 1.88 bits per heavy atom. The minimum absolute atomic E-state index is 0.203. The molecule has 0 aliphatic carbocycles. The molecule has 0 aromatic heterocycles. The van der Waals surface area contributed by atoms with Crippen molar-refractivity contribution < 1.29 is 18.0 Å². The van der Waals surface area contributed by atoms with E-state index >= 15 is 0 Å². The number of nitriles is 1. The lowest BCUT2D eigenvalue weighted by Crippen LogP contribution is -2.45. The molecule has 0 N–H and O–H groups in total. The number of anilines is 1. The number of carbonyl (C=O) groups excluding carboxylic acids is 1. The fraction of sp³-hybridized carbons (Fsp3) is 0.529. The molecule has 7 heteroatoms. The van der Waals surface area contributed by atoms with Crippen LogP contribution in [-0.2, 0) is 11.0 Å². The van der Waals surface area contributed by atoms with Gasteiger partial charge in [-0.15, -0.1) is 0 Å². The largest absolute Gasteiger partial charge is 0.417 e. The minimum atomic E-state index is -4.52.